The van der Waals surface area contributed by atoms with Crippen LogP contribution >= 0.6 is 0 Å². The molecule has 2 N–H and O–H groups in total. The summed E-state index contributed by atoms with van der Waals surface area (Å²) in [5.41, 5.74) is 0.309. The summed E-state index contributed by atoms with van der Waals surface area (Å²) >= 11 is 0. The first-order valence-corrected chi connectivity index (χ1v) is 9.33. The third-order valence-electron chi connectivity index (χ3n) is 4.46. The fourth-order valence-corrected chi connectivity index (χ4v) is 2.93. The van der Waals surface area contributed by atoms with E-state index in [1.54, 1.807) is 20.2 Å². The van der Waals surface area contributed by atoms with E-state index in [9.17, 15) is 18.0 Å². The third kappa shape index (κ3) is 7.66. The highest BCUT2D eigenvalue weighted by molar-refractivity contribution is 5.86. The molecular weight excluding hydrogens is 373 g/mol. The molecule has 1 aliphatic rings. The van der Waals surface area contributed by atoms with Crippen molar-refractivity contribution in [1.82, 2.24) is 15.5 Å². The first kappa shape index (κ1) is 21.8. The number of para-hydroxylation sites is 1. The maximum atomic E-state index is 12.6. The lowest BCUT2D eigenvalue weighted by molar-refractivity contribution is -0.274. The smallest absolute Gasteiger partial charge is 0.405 e. The largest absolute Gasteiger partial charge is 0.573 e. The standard InChI is InChI=1S/C19H27F3N4O2/c1-26(2)17(27)13-24-18(25-15-9-4-3-5-10-15)23-12-14-8-6-7-11-16(14)28-19(20,21)22/h6-8,11,15H,3-5,9-10,12-13H2,1-2H3,(H2,23,24,25). The average Bonchev–Trinajstić information content (AvgIpc) is 2.64. The van der Waals surface area contributed by atoms with Gasteiger partial charge >= 0.3 is 6.36 Å². The van der Waals surface area contributed by atoms with Gasteiger partial charge in [0.05, 0.1) is 13.1 Å². The Kier molecular flexibility index (Phi) is 7.95. The van der Waals surface area contributed by atoms with Crippen LogP contribution in [-0.4, -0.2) is 49.8 Å². The van der Waals surface area contributed by atoms with Crippen molar-refractivity contribution in [3.8, 4) is 5.75 Å². The van der Waals surface area contributed by atoms with Gasteiger partial charge in [-0.2, -0.15) is 0 Å². The lowest BCUT2D eigenvalue weighted by Gasteiger charge is -2.25. The van der Waals surface area contributed by atoms with Crippen molar-refractivity contribution in [3.05, 3.63) is 29.8 Å². The van der Waals surface area contributed by atoms with Crippen LogP contribution in [0.4, 0.5) is 13.2 Å². The van der Waals surface area contributed by atoms with Gasteiger partial charge in [-0.1, -0.05) is 37.5 Å². The van der Waals surface area contributed by atoms with Gasteiger partial charge in [0.1, 0.15) is 5.75 Å². The minimum Gasteiger partial charge on any atom is -0.405 e. The molecule has 0 radical (unpaired) electrons. The number of hydrogen-bond donors (Lipinski definition) is 2. The molecule has 0 heterocycles. The molecule has 0 unspecified atom stereocenters. The normalized spacial score (nSPS) is 15.8. The van der Waals surface area contributed by atoms with Crippen LogP contribution in [0.3, 0.4) is 0 Å². The zero-order valence-electron chi connectivity index (χ0n) is 16.2. The van der Waals surface area contributed by atoms with Crippen molar-refractivity contribution in [2.24, 2.45) is 4.99 Å². The number of ether oxygens (including phenoxy) is 1. The topological polar surface area (TPSA) is 66.0 Å². The molecule has 28 heavy (non-hydrogen) atoms. The van der Waals surface area contributed by atoms with Gasteiger partial charge in [0, 0.05) is 25.7 Å². The molecule has 1 aromatic rings. The summed E-state index contributed by atoms with van der Waals surface area (Å²) in [4.78, 5) is 17.7. The summed E-state index contributed by atoms with van der Waals surface area (Å²) in [7, 11) is 3.31. The molecule has 1 fully saturated rings. The number of nitrogens with zero attached hydrogens (tertiary/aromatic N) is 2. The Morgan fingerprint density at radius 2 is 1.89 bits per heavy atom. The van der Waals surface area contributed by atoms with Crippen LogP contribution < -0.4 is 15.4 Å². The van der Waals surface area contributed by atoms with Crippen molar-refractivity contribution >= 4 is 11.9 Å². The van der Waals surface area contributed by atoms with Gasteiger partial charge in [-0.15, -0.1) is 13.2 Å². The predicted molar refractivity (Wildman–Crippen MR) is 101 cm³/mol. The van der Waals surface area contributed by atoms with Crippen molar-refractivity contribution in [1.29, 1.82) is 0 Å². The van der Waals surface area contributed by atoms with Gasteiger partial charge in [-0.25, -0.2) is 4.99 Å². The number of alkyl halides is 3. The van der Waals surface area contributed by atoms with Crippen LogP contribution in [0.25, 0.3) is 0 Å². The molecular formula is C19H27F3N4O2. The van der Waals surface area contributed by atoms with E-state index in [0.29, 0.717) is 11.5 Å². The van der Waals surface area contributed by atoms with Crippen LogP contribution in [0.1, 0.15) is 37.7 Å². The van der Waals surface area contributed by atoms with E-state index in [0.717, 1.165) is 25.7 Å². The summed E-state index contributed by atoms with van der Waals surface area (Å²) in [6.45, 7) is 0.0384. The number of amides is 1. The zero-order chi connectivity index (χ0) is 20.6. The second kappa shape index (κ2) is 10.2. The van der Waals surface area contributed by atoms with Gasteiger partial charge in [-0.3, -0.25) is 4.79 Å². The number of halogens is 3. The van der Waals surface area contributed by atoms with Crippen LogP contribution in [0.5, 0.6) is 5.75 Å². The number of rotatable bonds is 6. The van der Waals surface area contributed by atoms with Gasteiger partial charge in [0.2, 0.25) is 5.91 Å². The predicted octanol–water partition coefficient (Wildman–Crippen LogP) is 3.04. The SMILES string of the molecule is CN(C)C(=O)CNC(=NCc1ccccc1OC(F)(F)F)NC1CCCCC1. The minimum absolute atomic E-state index is 0.00946. The van der Waals surface area contributed by atoms with Crippen molar-refractivity contribution in [2.75, 3.05) is 20.6 Å². The molecule has 1 amide bonds. The fourth-order valence-electron chi connectivity index (χ4n) is 2.93. The van der Waals surface area contributed by atoms with E-state index in [1.165, 1.54) is 29.5 Å². The first-order chi connectivity index (χ1) is 13.2. The Hall–Kier alpha value is -2.45. The van der Waals surface area contributed by atoms with Gasteiger partial charge in [0.25, 0.3) is 0 Å². The van der Waals surface area contributed by atoms with Crippen molar-refractivity contribution in [2.45, 2.75) is 51.1 Å². The Morgan fingerprint density at radius 1 is 1.21 bits per heavy atom. The maximum Gasteiger partial charge on any atom is 0.573 e. The molecule has 0 bridgehead atoms. The van der Waals surface area contributed by atoms with Gasteiger partial charge < -0.3 is 20.3 Å². The van der Waals surface area contributed by atoms with Crippen LogP contribution in [0.2, 0.25) is 0 Å². The second-order valence-corrected chi connectivity index (χ2v) is 6.94. The van der Waals surface area contributed by atoms with E-state index in [4.69, 9.17) is 0 Å². The van der Waals surface area contributed by atoms with Crippen molar-refractivity contribution in [3.63, 3.8) is 0 Å². The molecule has 156 valence electrons. The lowest BCUT2D eigenvalue weighted by Crippen LogP contribution is -2.47. The molecule has 6 nitrogen and oxygen atoms in total. The Labute approximate surface area is 163 Å². The molecule has 1 aliphatic carbocycles. The monoisotopic (exact) mass is 400 g/mol. The van der Waals surface area contributed by atoms with E-state index in [1.807, 2.05) is 0 Å². The summed E-state index contributed by atoms with van der Waals surface area (Å²) in [6.07, 6.45) is 0.651. The number of nitrogens with one attached hydrogen (secondary N) is 2. The zero-order valence-corrected chi connectivity index (χ0v) is 16.2. The molecule has 0 aromatic heterocycles. The van der Waals surface area contributed by atoms with E-state index in [2.05, 4.69) is 20.4 Å². The average molecular weight is 400 g/mol. The highest BCUT2D eigenvalue weighted by Gasteiger charge is 2.32. The summed E-state index contributed by atoms with van der Waals surface area (Å²) in [5.74, 6) is 0.00277. The Balaban J connectivity index is 2.10. The van der Waals surface area contributed by atoms with Gasteiger partial charge in [0.15, 0.2) is 5.96 Å². The number of benzene rings is 1. The van der Waals surface area contributed by atoms with Crippen LogP contribution in [0, 0.1) is 0 Å². The van der Waals surface area contributed by atoms with E-state index < -0.39 is 6.36 Å². The summed E-state index contributed by atoms with van der Waals surface area (Å²) < 4.78 is 41.8. The third-order valence-corrected chi connectivity index (χ3v) is 4.46. The number of aliphatic imine (C=N–C) groups is 1. The number of carbonyl (C=O) groups is 1. The molecule has 0 spiro atoms. The minimum atomic E-state index is -4.76. The quantitative estimate of drug-likeness (QED) is 0.569. The molecule has 0 atom stereocenters. The summed E-state index contributed by atoms with van der Waals surface area (Å²) in [5, 5.41) is 6.26. The van der Waals surface area contributed by atoms with E-state index in [-0.39, 0.29) is 30.8 Å². The Morgan fingerprint density at radius 3 is 2.54 bits per heavy atom. The molecule has 1 saturated carbocycles. The highest BCUT2D eigenvalue weighted by atomic mass is 19.4. The molecule has 2 rings (SSSR count). The van der Waals surface area contributed by atoms with Crippen LogP contribution in [-0.2, 0) is 11.3 Å². The summed E-state index contributed by atoms with van der Waals surface area (Å²) in [6, 6.07) is 6.13. The number of carbonyl (C=O) groups excluding carboxylic acids is 1. The molecule has 1 aromatic carbocycles. The highest BCUT2D eigenvalue weighted by Crippen LogP contribution is 2.26. The maximum absolute atomic E-state index is 12.6. The number of likely N-dealkylation sites (N-methyl/N-ethyl adjacent to an activating group) is 1. The second-order valence-electron chi connectivity index (χ2n) is 6.94. The van der Waals surface area contributed by atoms with Gasteiger partial charge in [-0.05, 0) is 18.9 Å². The first-order valence-electron chi connectivity index (χ1n) is 9.33. The molecule has 0 saturated heterocycles. The Bertz CT molecular complexity index is 671. The molecule has 9 heteroatoms. The van der Waals surface area contributed by atoms with Crippen LogP contribution in [0.15, 0.2) is 29.3 Å². The van der Waals surface area contributed by atoms with E-state index >= 15 is 0 Å². The fraction of sp³-hybridized carbons (Fsp3) is 0.579. The number of guanidine groups is 1. The number of hydrogen-bond acceptors (Lipinski definition) is 3. The molecule has 0 aliphatic heterocycles. The van der Waals surface area contributed by atoms with Crippen molar-refractivity contribution < 1.29 is 22.7 Å². The lowest BCUT2D eigenvalue weighted by atomic mass is 9.96.